The Labute approximate surface area is 123 Å². The van der Waals surface area contributed by atoms with E-state index < -0.39 is 0 Å². The lowest BCUT2D eigenvalue weighted by molar-refractivity contribution is 0.0970. The summed E-state index contributed by atoms with van der Waals surface area (Å²) < 4.78 is 2.56. The van der Waals surface area contributed by atoms with Gasteiger partial charge in [0.15, 0.2) is 5.78 Å². The average molecular weight is 331 g/mol. The smallest absolute Gasteiger partial charge is 0.183 e. The zero-order chi connectivity index (χ0) is 14.4. The summed E-state index contributed by atoms with van der Waals surface area (Å²) in [5.41, 5.74) is 0.674. The van der Waals surface area contributed by atoms with Gasteiger partial charge in [0.25, 0.3) is 0 Å². The van der Waals surface area contributed by atoms with Crippen molar-refractivity contribution in [2.24, 2.45) is 0 Å². The van der Waals surface area contributed by atoms with Crippen LogP contribution >= 0.6 is 15.9 Å². The highest BCUT2D eigenvalue weighted by Crippen LogP contribution is 2.17. The van der Waals surface area contributed by atoms with Crippen LogP contribution in [-0.4, -0.2) is 53.7 Å². The van der Waals surface area contributed by atoms with Gasteiger partial charge in [0.1, 0.15) is 5.69 Å². The number of carbonyl (C=O) groups is 1. The van der Waals surface area contributed by atoms with Gasteiger partial charge in [-0.05, 0) is 30.0 Å². The zero-order valence-corrected chi connectivity index (χ0v) is 13.7. The van der Waals surface area contributed by atoms with E-state index in [0.29, 0.717) is 24.7 Å². The van der Waals surface area contributed by atoms with Crippen molar-refractivity contribution >= 4 is 21.7 Å². The van der Waals surface area contributed by atoms with Crippen molar-refractivity contribution in [3.8, 4) is 0 Å². The molecule has 0 saturated carbocycles. The predicted octanol–water partition coefficient (Wildman–Crippen LogP) is 1.78. The molecule has 108 valence electrons. The van der Waals surface area contributed by atoms with Gasteiger partial charge < -0.3 is 10.2 Å². The third-order valence-electron chi connectivity index (χ3n) is 2.72. The molecule has 1 aromatic rings. The molecular formula is C13H23BrN4O. The van der Waals surface area contributed by atoms with Gasteiger partial charge in [-0.1, -0.05) is 13.8 Å². The summed E-state index contributed by atoms with van der Waals surface area (Å²) >= 11 is 3.41. The maximum Gasteiger partial charge on any atom is 0.183 e. The number of carbonyl (C=O) groups excluding carboxylic acids is 1. The summed E-state index contributed by atoms with van der Waals surface area (Å²) in [5.74, 6) is 0.122. The second-order valence-corrected chi connectivity index (χ2v) is 6.00. The molecule has 1 heterocycles. The number of nitrogens with zero attached hydrogens (tertiary/aromatic N) is 3. The second kappa shape index (κ2) is 7.77. The van der Waals surface area contributed by atoms with E-state index in [2.05, 4.69) is 45.1 Å². The Morgan fingerprint density at radius 3 is 2.79 bits per heavy atom. The molecule has 0 amide bonds. The van der Waals surface area contributed by atoms with E-state index in [0.717, 1.165) is 17.6 Å². The minimum absolute atomic E-state index is 0.122. The first kappa shape index (κ1) is 16.3. The minimum atomic E-state index is 0.122. The van der Waals surface area contributed by atoms with Gasteiger partial charge in [0, 0.05) is 25.6 Å². The Hall–Kier alpha value is -0.720. The first-order valence-electron chi connectivity index (χ1n) is 6.54. The number of Topliss-reactive ketones (excluding diaryl/α,β-unsaturated/α-hetero) is 1. The molecule has 0 bridgehead atoms. The number of hydrogen-bond donors (Lipinski definition) is 1. The molecule has 0 aromatic carbocycles. The molecule has 0 atom stereocenters. The van der Waals surface area contributed by atoms with E-state index in [4.69, 9.17) is 0 Å². The third kappa shape index (κ3) is 5.42. The fourth-order valence-corrected chi connectivity index (χ4v) is 2.21. The van der Waals surface area contributed by atoms with Gasteiger partial charge in [-0.3, -0.25) is 9.48 Å². The Morgan fingerprint density at radius 1 is 1.53 bits per heavy atom. The maximum atomic E-state index is 12.2. The zero-order valence-electron chi connectivity index (χ0n) is 12.1. The SMILES string of the molecule is CC(C)NCCC(=O)c1c(Br)cnn1CCN(C)C. The number of nitrogens with one attached hydrogen (secondary N) is 1. The van der Waals surface area contributed by atoms with Crippen LogP contribution in [0.1, 0.15) is 30.8 Å². The van der Waals surface area contributed by atoms with Gasteiger partial charge >= 0.3 is 0 Å². The largest absolute Gasteiger partial charge is 0.314 e. The highest BCUT2D eigenvalue weighted by molar-refractivity contribution is 9.10. The molecule has 19 heavy (non-hydrogen) atoms. The van der Waals surface area contributed by atoms with Crippen LogP contribution in [0.2, 0.25) is 0 Å². The first-order chi connectivity index (χ1) is 8.91. The molecule has 0 saturated heterocycles. The molecule has 1 rings (SSSR count). The summed E-state index contributed by atoms with van der Waals surface area (Å²) in [6, 6.07) is 0.398. The first-order valence-corrected chi connectivity index (χ1v) is 7.33. The average Bonchev–Trinajstić information content (AvgIpc) is 2.67. The lowest BCUT2D eigenvalue weighted by Crippen LogP contribution is -2.26. The van der Waals surface area contributed by atoms with Crippen LogP contribution in [0.3, 0.4) is 0 Å². The Balaban J connectivity index is 2.64. The van der Waals surface area contributed by atoms with Crippen molar-refractivity contribution in [3.63, 3.8) is 0 Å². The number of halogens is 1. The van der Waals surface area contributed by atoms with Gasteiger partial charge in [-0.15, -0.1) is 0 Å². The highest BCUT2D eigenvalue weighted by Gasteiger charge is 2.16. The minimum Gasteiger partial charge on any atom is -0.314 e. The maximum absolute atomic E-state index is 12.2. The van der Waals surface area contributed by atoms with E-state index in [-0.39, 0.29) is 5.78 Å². The molecule has 0 spiro atoms. The molecule has 6 heteroatoms. The summed E-state index contributed by atoms with van der Waals surface area (Å²) in [7, 11) is 4.01. The van der Waals surface area contributed by atoms with Gasteiger partial charge in [-0.25, -0.2) is 0 Å². The van der Waals surface area contributed by atoms with Crippen LogP contribution in [-0.2, 0) is 6.54 Å². The second-order valence-electron chi connectivity index (χ2n) is 5.15. The van der Waals surface area contributed by atoms with E-state index in [1.54, 1.807) is 10.9 Å². The number of hydrogen-bond acceptors (Lipinski definition) is 4. The lowest BCUT2D eigenvalue weighted by atomic mass is 10.2. The van der Waals surface area contributed by atoms with Crippen LogP contribution in [0.4, 0.5) is 0 Å². The lowest BCUT2D eigenvalue weighted by Gasteiger charge is -2.12. The number of ketones is 1. The van der Waals surface area contributed by atoms with Gasteiger partial charge in [0.2, 0.25) is 0 Å². The van der Waals surface area contributed by atoms with Crippen LogP contribution in [0.25, 0.3) is 0 Å². The summed E-state index contributed by atoms with van der Waals surface area (Å²) in [6.07, 6.45) is 2.18. The normalized spacial score (nSPS) is 11.5. The Bertz CT molecular complexity index is 415. The fraction of sp³-hybridized carbons (Fsp3) is 0.692. The quantitative estimate of drug-likeness (QED) is 0.738. The Kier molecular flexibility index (Phi) is 6.68. The van der Waals surface area contributed by atoms with E-state index in [1.165, 1.54) is 0 Å². The number of rotatable bonds is 8. The molecule has 5 nitrogen and oxygen atoms in total. The van der Waals surface area contributed by atoms with E-state index in [1.807, 2.05) is 14.1 Å². The van der Waals surface area contributed by atoms with Crippen LogP contribution in [0.15, 0.2) is 10.7 Å². The molecule has 0 fully saturated rings. The monoisotopic (exact) mass is 330 g/mol. The van der Waals surface area contributed by atoms with Crippen molar-refractivity contribution in [2.45, 2.75) is 32.9 Å². The molecule has 0 unspecified atom stereocenters. The van der Waals surface area contributed by atoms with Crippen LogP contribution < -0.4 is 5.32 Å². The molecule has 0 radical (unpaired) electrons. The Morgan fingerprint density at radius 2 is 2.21 bits per heavy atom. The van der Waals surface area contributed by atoms with Crippen LogP contribution in [0.5, 0.6) is 0 Å². The van der Waals surface area contributed by atoms with E-state index in [9.17, 15) is 4.79 Å². The van der Waals surface area contributed by atoms with Crippen molar-refractivity contribution in [3.05, 3.63) is 16.4 Å². The van der Waals surface area contributed by atoms with Crippen molar-refractivity contribution in [2.75, 3.05) is 27.2 Å². The molecule has 0 aliphatic rings. The summed E-state index contributed by atoms with van der Waals surface area (Å²) in [5, 5.41) is 7.51. The van der Waals surface area contributed by atoms with Gasteiger partial charge in [-0.2, -0.15) is 5.10 Å². The fourth-order valence-electron chi connectivity index (χ4n) is 1.70. The molecular weight excluding hydrogens is 308 g/mol. The van der Waals surface area contributed by atoms with Crippen molar-refractivity contribution in [1.82, 2.24) is 20.0 Å². The standard InChI is InChI=1S/C13H23BrN4O/c1-10(2)15-6-5-12(19)13-11(14)9-16-18(13)8-7-17(3)4/h9-10,15H,5-8H2,1-4H3. The summed E-state index contributed by atoms with van der Waals surface area (Å²) in [6.45, 7) is 6.42. The van der Waals surface area contributed by atoms with Crippen molar-refractivity contribution < 1.29 is 4.79 Å². The molecule has 1 aromatic heterocycles. The number of aromatic nitrogens is 2. The van der Waals surface area contributed by atoms with Gasteiger partial charge in [0.05, 0.1) is 17.2 Å². The molecule has 1 N–H and O–H groups in total. The topological polar surface area (TPSA) is 50.2 Å². The van der Waals surface area contributed by atoms with Crippen LogP contribution in [0, 0.1) is 0 Å². The van der Waals surface area contributed by atoms with E-state index >= 15 is 0 Å². The molecule has 0 aliphatic heterocycles. The van der Waals surface area contributed by atoms with Crippen molar-refractivity contribution in [1.29, 1.82) is 0 Å². The highest BCUT2D eigenvalue weighted by atomic mass is 79.9. The number of likely N-dealkylation sites (N-methyl/N-ethyl adjacent to an activating group) is 1. The summed E-state index contributed by atoms with van der Waals surface area (Å²) in [4.78, 5) is 14.3. The molecule has 0 aliphatic carbocycles. The predicted molar refractivity (Wildman–Crippen MR) is 80.6 cm³/mol. The third-order valence-corrected chi connectivity index (χ3v) is 3.30.